The molecule has 2 atom stereocenters. The molecule has 4 heteroatoms. The number of hydrogen-bond donors (Lipinski definition) is 2. The molecule has 0 saturated heterocycles. The topological polar surface area (TPSA) is 32.3 Å². The Labute approximate surface area is 115 Å². The summed E-state index contributed by atoms with van der Waals surface area (Å²) in [5.41, 5.74) is 2.86. The number of nitrogens with one attached hydrogen (secondary N) is 1. The number of anilines is 1. The molecule has 1 aliphatic heterocycles. The fourth-order valence-corrected chi connectivity index (χ4v) is 3.43. The van der Waals surface area contributed by atoms with Crippen LogP contribution in [0.15, 0.2) is 10.5 Å². The van der Waals surface area contributed by atoms with Gasteiger partial charge in [0.1, 0.15) is 0 Å². The molecule has 2 N–H and O–H groups in total. The number of rotatable bonds is 0. The third-order valence-electron chi connectivity index (χ3n) is 3.57. The van der Waals surface area contributed by atoms with Gasteiger partial charge in [-0.2, -0.15) is 0 Å². The molecule has 94 valence electrons. The fraction of sp³-hybridized carbons (Fsp3) is 0.538. The average Bonchev–Trinajstić information content (AvgIpc) is 2.22. The van der Waals surface area contributed by atoms with Gasteiger partial charge in [-0.05, 0) is 48.3 Å². The van der Waals surface area contributed by atoms with E-state index in [0.717, 1.165) is 21.3 Å². The summed E-state index contributed by atoms with van der Waals surface area (Å²) in [6.07, 6.45) is -0.457. The summed E-state index contributed by atoms with van der Waals surface area (Å²) in [5, 5.41) is 14.4. The van der Waals surface area contributed by atoms with Crippen molar-refractivity contribution in [1.29, 1.82) is 0 Å². The van der Waals surface area contributed by atoms with Gasteiger partial charge in [0.15, 0.2) is 0 Å². The monoisotopic (exact) mass is 317 g/mol. The fourth-order valence-electron chi connectivity index (χ4n) is 2.55. The van der Waals surface area contributed by atoms with E-state index in [-0.39, 0.29) is 11.5 Å². The van der Waals surface area contributed by atoms with Crippen molar-refractivity contribution in [3.05, 3.63) is 26.7 Å². The highest BCUT2D eigenvalue weighted by Gasteiger charge is 2.40. The average molecular weight is 319 g/mol. The molecule has 0 spiro atoms. The zero-order valence-corrected chi connectivity index (χ0v) is 12.8. The van der Waals surface area contributed by atoms with Crippen LogP contribution in [0.2, 0.25) is 5.02 Å². The van der Waals surface area contributed by atoms with E-state index in [1.54, 1.807) is 0 Å². The Morgan fingerprint density at radius 3 is 2.65 bits per heavy atom. The second kappa shape index (κ2) is 4.15. The smallest absolute Gasteiger partial charge is 0.0831 e. The number of aliphatic hydroxyl groups excluding tert-OH is 1. The van der Waals surface area contributed by atoms with Gasteiger partial charge >= 0.3 is 0 Å². The second-order valence-corrected chi connectivity index (χ2v) is 6.59. The van der Waals surface area contributed by atoms with E-state index in [4.69, 9.17) is 11.6 Å². The first-order valence-electron chi connectivity index (χ1n) is 5.70. The van der Waals surface area contributed by atoms with Crippen LogP contribution in [0.1, 0.15) is 37.8 Å². The van der Waals surface area contributed by atoms with Crippen molar-refractivity contribution in [2.75, 3.05) is 5.32 Å². The molecule has 0 radical (unpaired) electrons. The Bertz CT molecular complexity index is 473. The van der Waals surface area contributed by atoms with Gasteiger partial charge in [-0.3, -0.25) is 0 Å². The van der Waals surface area contributed by atoms with E-state index >= 15 is 0 Å². The molecule has 0 bridgehead atoms. The summed E-state index contributed by atoms with van der Waals surface area (Å²) in [5.74, 6) is 0.0185. The Morgan fingerprint density at radius 2 is 2.06 bits per heavy atom. The molecule has 17 heavy (non-hydrogen) atoms. The van der Waals surface area contributed by atoms with Crippen molar-refractivity contribution in [3.8, 4) is 0 Å². The summed E-state index contributed by atoms with van der Waals surface area (Å²) < 4.78 is 0.885. The number of aliphatic hydroxyl groups is 1. The molecule has 1 aromatic rings. The molecule has 0 saturated carbocycles. The van der Waals surface area contributed by atoms with Crippen molar-refractivity contribution in [1.82, 2.24) is 0 Å². The highest BCUT2D eigenvalue weighted by Crippen LogP contribution is 2.46. The van der Waals surface area contributed by atoms with Gasteiger partial charge in [-0.1, -0.05) is 18.5 Å². The first-order valence-corrected chi connectivity index (χ1v) is 6.87. The maximum absolute atomic E-state index is 10.3. The molecule has 2 nitrogen and oxygen atoms in total. The Balaban J connectivity index is 2.69. The quantitative estimate of drug-likeness (QED) is 0.755. The van der Waals surface area contributed by atoms with E-state index in [1.807, 2.05) is 33.8 Å². The third-order valence-corrected chi connectivity index (χ3v) is 4.83. The van der Waals surface area contributed by atoms with Crippen LogP contribution in [0.3, 0.4) is 0 Å². The zero-order valence-electron chi connectivity index (χ0n) is 10.4. The lowest BCUT2D eigenvalue weighted by Crippen LogP contribution is -2.50. The van der Waals surface area contributed by atoms with Gasteiger partial charge in [-0.15, -0.1) is 0 Å². The highest BCUT2D eigenvalue weighted by atomic mass is 79.9. The van der Waals surface area contributed by atoms with Crippen molar-refractivity contribution >= 4 is 33.2 Å². The van der Waals surface area contributed by atoms with Gasteiger partial charge < -0.3 is 10.4 Å². The molecule has 0 amide bonds. The van der Waals surface area contributed by atoms with Crippen LogP contribution in [0.4, 0.5) is 5.69 Å². The lowest BCUT2D eigenvalue weighted by molar-refractivity contribution is 0.0869. The molecular weight excluding hydrogens is 302 g/mol. The van der Waals surface area contributed by atoms with Gasteiger partial charge in [0.05, 0.1) is 16.7 Å². The van der Waals surface area contributed by atoms with Crippen LogP contribution in [0.25, 0.3) is 0 Å². The van der Waals surface area contributed by atoms with Crippen LogP contribution >= 0.6 is 27.5 Å². The maximum atomic E-state index is 10.3. The van der Waals surface area contributed by atoms with Crippen molar-refractivity contribution in [3.63, 3.8) is 0 Å². The minimum absolute atomic E-state index is 0.0185. The van der Waals surface area contributed by atoms with Crippen LogP contribution in [0, 0.1) is 6.92 Å². The lowest BCUT2D eigenvalue weighted by Gasteiger charge is -2.43. The van der Waals surface area contributed by atoms with Crippen molar-refractivity contribution in [2.45, 2.75) is 45.3 Å². The van der Waals surface area contributed by atoms with E-state index < -0.39 is 6.10 Å². The number of halogens is 2. The predicted molar refractivity (Wildman–Crippen MR) is 76.0 cm³/mol. The van der Waals surface area contributed by atoms with Crippen LogP contribution in [-0.2, 0) is 0 Å². The Morgan fingerprint density at radius 1 is 1.47 bits per heavy atom. The maximum Gasteiger partial charge on any atom is 0.0831 e. The number of benzene rings is 1. The van der Waals surface area contributed by atoms with Crippen molar-refractivity contribution < 1.29 is 5.11 Å². The first-order chi connectivity index (χ1) is 7.75. The minimum atomic E-state index is -0.457. The van der Waals surface area contributed by atoms with Gasteiger partial charge in [-0.25, -0.2) is 0 Å². The molecular formula is C13H17BrClNO. The third kappa shape index (κ3) is 1.98. The molecule has 0 aliphatic carbocycles. The summed E-state index contributed by atoms with van der Waals surface area (Å²) in [6, 6.07) is 2.01. The lowest BCUT2D eigenvalue weighted by atomic mass is 9.78. The largest absolute Gasteiger partial charge is 0.390 e. The summed E-state index contributed by atoms with van der Waals surface area (Å²) in [7, 11) is 0. The normalized spacial score (nSPS) is 26.3. The molecule has 1 heterocycles. The molecule has 1 aromatic carbocycles. The highest BCUT2D eigenvalue weighted by molar-refractivity contribution is 9.10. The first kappa shape index (κ1) is 13.2. The molecule has 2 unspecified atom stereocenters. The van der Waals surface area contributed by atoms with Gasteiger partial charge in [0.2, 0.25) is 0 Å². The Kier molecular flexibility index (Phi) is 3.22. The summed E-state index contributed by atoms with van der Waals surface area (Å²) in [4.78, 5) is 0. The SMILES string of the molecule is Cc1cc(Br)c(Cl)c2c1NC(C)(C)C(O)C2C. The van der Waals surface area contributed by atoms with E-state index in [1.165, 1.54) is 0 Å². The molecule has 0 fully saturated rings. The molecule has 2 rings (SSSR count). The van der Waals surface area contributed by atoms with E-state index in [2.05, 4.69) is 21.2 Å². The number of hydrogen-bond acceptors (Lipinski definition) is 2. The van der Waals surface area contributed by atoms with Crippen LogP contribution in [-0.4, -0.2) is 16.7 Å². The standard InChI is InChI=1S/C13H17BrClNO/c1-6-5-8(14)10(15)9-7(2)12(17)13(3,4)16-11(6)9/h5,7,12,16-17H,1-4H3. The van der Waals surface area contributed by atoms with E-state index in [0.29, 0.717) is 5.02 Å². The molecule has 1 aliphatic rings. The van der Waals surface area contributed by atoms with Gasteiger partial charge in [0.25, 0.3) is 0 Å². The molecule has 0 aromatic heterocycles. The van der Waals surface area contributed by atoms with Crippen LogP contribution in [0.5, 0.6) is 0 Å². The summed E-state index contributed by atoms with van der Waals surface area (Å²) in [6.45, 7) is 8.08. The van der Waals surface area contributed by atoms with Crippen molar-refractivity contribution in [2.24, 2.45) is 0 Å². The van der Waals surface area contributed by atoms with Crippen LogP contribution < -0.4 is 5.32 Å². The zero-order chi connectivity index (χ0) is 13.0. The predicted octanol–water partition coefficient (Wildman–Crippen LogP) is 4.08. The summed E-state index contributed by atoms with van der Waals surface area (Å²) >= 11 is 9.80. The Hall–Kier alpha value is -0.250. The number of aryl methyl sites for hydroxylation is 1. The van der Waals surface area contributed by atoms with Gasteiger partial charge in [0, 0.05) is 21.6 Å². The number of fused-ring (bicyclic) bond motifs is 1. The van der Waals surface area contributed by atoms with E-state index in [9.17, 15) is 5.11 Å². The minimum Gasteiger partial charge on any atom is -0.390 e. The second-order valence-electron chi connectivity index (χ2n) is 5.36.